The highest BCUT2D eigenvalue weighted by atomic mass is 79.9. The molecule has 1 aromatic rings. The van der Waals surface area contributed by atoms with Gasteiger partial charge in [0.25, 0.3) is 0 Å². The van der Waals surface area contributed by atoms with E-state index in [0.717, 1.165) is 32.5 Å². The second-order valence-corrected chi connectivity index (χ2v) is 6.86. The van der Waals surface area contributed by atoms with E-state index in [4.69, 9.17) is 0 Å². The average molecular weight is 325 g/mol. The van der Waals surface area contributed by atoms with Crippen LogP contribution in [0.2, 0.25) is 0 Å². The zero-order valence-corrected chi connectivity index (χ0v) is 13.1. The maximum absolute atomic E-state index is 11.0. The van der Waals surface area contributed by atoms with E-state index >= 15 is 0 Å². The van der Waals surface area contributed by atoms with Crippen molar-refractivity contribution in [3.05, 3.63) is 30.3 Å². The van der Waals surface area contributed by atoms with Gasteiger partial charge in [0.2, 0.25) is 0 Å². The third kappa shape index (κ3) is 3.80. The number of piperazine rings is 1. The van der Waals surface area contributed by atoms with E-state index in [2.05, 4.69) is 50.0 Å². The lowest BCUT2D eigenvalue weighted by atomic mass is 9.95. The smallest absolute Gasteiger partial charge is 0.126 e. The molecule has 1 aliphatic heterocycles. The summed E-state index contributed by atoms with van der Waals surface area (Å²) < 4.78 is 0. The fourth-order valence-corrected chi connectivity index (χ4v) is 3.31. The predicted molar refractivity (Wildman–Crippen MR) is 82.8 cm³/mol. The van der Waals surface area contributed by atoms with Gasteiger partial charge in [-0.1, -0.05) is 48.0 Å². The van der Waals surface area contributed by atoms with Gasteiger partial charge in [-0.3, -0.25) is 4.90 Å². The Balaban J connectivity index is 1.97. The van der Waals surface area contributed by atoms with Gasteiger partial charge in [0.1, 0.15) is 6.29 Å². The fraction of sp³-hybridized carbons (Fsp3) is 0.533. The summed E-state index contributed by atoms with van der Waals surface area (Å²) >= 11 is 3.76. The van der Waals surface area contributed by atoms with E-state index in [1.165, 1.54) is 5.69 Å². The molecule has 19 heavy (non-hydrogen) atoms. The first kappa shape index (κ1) is 14.5. The second-order valence-electron chi connectivity index (χ2n) is 5.80. The number of carbonyl (C=O) groups is 1. The van der Waals surface area contributed by atoms with Gasteiger partial charge in [-0.2, -0.15) is 0 Å². The fourth-order valence-electron chi connectivity index (χ4n) is 2.46. The summed E-state index contributed by atoms with van der Waals surface area (Å²) in [6.07, 6.45) is 1.06. The molecule has 104 valence electrons. The van der Waals surface area contributed by atoms with Crippen molar-refractivity contribution in [3.63, 3.8) is 0 Å². The standard InChI is InChI=1S/C15H21BrN2O/c1-15(2,12-19)11-17-8-9-18(14(16)10-17)13-6-4-3-5-7-13/h3-7,12,14H,8-11H2,1-2H3. The molecule has 3 nitrogen and oxygen atoms in total. The Hall–Kier alpha value is -0.870. The van der Waals surface area contributed by atoms with Crippen molar-refractivity contribution in [3.8, 4) is 0 Å². The zero-order chi connectivity index (χ0) is 13.9. The van der Waals surface area contributed by atoms with Crippen molar-refractivity contribution < 1.29 is 4.79 Å². The van der Waals surface area contributed by atoms with Crippen LogP contribution in [0.4, 0.5) is 5.69 Å². The molecule has 0 spiro atoms. The van der Waals surface area contributed by atoms with E-state index in [1.54, 1.807) is 0 Å². The molecule has 0 radical (unpaired) electrons. The van der Waals surface area contributed by atoms with Gasteiger partial charge in [0.05, 0.1) is 4.95 Å². The van der Waals surface area contributed by atoms with Crippen LogP contribution in [0, 0.1) is 5.41 Å². The maximum atomic E-state index is 11.0. The van der Waals surface area contributed by atoms with Crippen molar-refractivity contribution in [2.24, 2.45) is 5.41 Å². The predicted octanol–water partition coefficient (Wildman–Crippen LogP) is 2.75. The van der Waals surface area contributed by atoms with Crippen LogP contribution in [0.3, 0.4) is 0 Å². The molecule has 1 heterocycles. The number of carbonyl (C=O) groups excluding carboxylic acids is 1. The molecule has 0 aromatic heterocycles. The third-order valence-electron chi connectivity index (χ3n) is 3.44. The van der Waals surface area contributed by atoms with Gasteiger partial charge in [-0.05, 0) is 12.1 Å². The maximum Gasteiger partial charge on any atom is 0.126 e. The number of benzene rings is 1. The van der Waals surface area contributed by atoms with E-state index in [1.807, 2.05) is 19.9 Å². The lowest BCUT2D eigenvalue weighted by Gasteiger charge is -2.41. The summed E-state index contributed by atoms with van der Waals surface area (Å²) in [6, 6.07) is 10.4. The molecule has 1 aromatic carbocycles. The summed E-state index contributed by atoms with van der Waals surface area (Å²) in [5, 5.41) is 0. The van der Waals surface area contributed by atoms with Gasteiger partial charge < -0.3 is 9.69 Å². The first-order valence-corrected chi connectivity index (χ1v) is 7.58. The van der Waals surface area contributed by atoms with Gasteiger partial charge in [-0.15, -0.1) is 0 Å². The number of hydrogen-bond donors (Lipinski definition) is 0. The Morgan fingerprint density at radius 3 is 2.58 bits per heavy atom. The van der Waals surface area contributed by atoms with E-state index in [0.29, 0.717) is 4.95 Å². The number of hydrogen-bond acceptors (Lipinski definition) is 3. The Bertz CT molecular complexity index is 421. The van der Waals surface area contributed by atoms with Crippen molar-refractivity contribution in [1.82, 2.24) is 4.90 Å². The summed E-state index contributed by atoms with van der Waals surface area (Å²) in [5.41, 5.74) is 0.987. The first-order chi connectivity index (χ1) is 9.02. The van der Waals surface area contributed by atoms with Gasteiger partial charge in [-0.25, -0.2) is 0 Å². The number of nitrogens with zero attached hydrogens (tertiary/aromatic N) is 2. The number of anilines is 1. The molecule has 1 fully saturated rings. The molecule has 2 rings (SSSR count). The summed E-state index contributed by atoms with van der Waals surface area (Å²) in [4.78, 5) is 16.0. The molecular weight excluding hydrogens is 304 g/mol. The lowest BCUT2D eigenvalue weighted by Crippen LogP contribution is -2.52. The molecule has 0 bridgehead atoms. The molecule has 1 atom stereocenters. The monoisotopic (exact) mass is 324 g/mol. The Morgan fingerprint density at radius 1 is 1.32 bits per heavy atom. The van der Waals surface area contributed by atoms with Crippen molar-refractivity contribution in [2.75, 3.05) is 31.1 Å². The van der Waals surface area contributed by atoms with Crippen LogP contribution in [0.1, 0.15) is 13.8 Å². The normalized spacial score (nSPS) is 21.4. The molecular formula is C15H21BrN2O. The number of aldehydes is 1. The number of alkyl halides is 1. The summed E-state index contributed by atoms with van der Waals surface area (Å²) in [5.74, 6) is 0. The number of para-hydroxylation sites is 1. The highest BCUT2D eigenvalue weighted by molar-refractivity contribution is 9.09. The first-order valence-electron chi connectivity index (χ1n) is 6.66. The van der Waals surface area contributed by atoms with Crippen LogP contribution in [0.5, 0.6) is 0 Å². The zero-order valence-electron chi connectivity index (χ0n) is 11.6. The van der Waals surface area contributed by atoms with Crippen molar-refractivity contribution >= 4 is 27.9 Å². The molecule has 0 aliphatic carbocycles. The quantitative estimate of drug-likeness (QED) is 0.483. The topological polar surface area (TPSA) is 23.6 Å². The highest BCUT2D eigenvalue weighted by Crippen LogP contribution is 2.25. The van der Waals surface area contributed by atoms with Crippen LogP contribution in [-0.4, -0.2) is 42.3 Å². The lowest BCUT2D eigenvalue weighted by molar-refractivity contribution is -0.115. The molecule has 0 saturated carbocycles. The molecule has 1 aliphatic rings. The Labute approximate surface area is 123 Å². The van der Waals surface area contributed by atoms with Crippen LogP contribution in [0.15, 0.2) is 30.3 Å². The van der Waals surface area contributed by atoms with Gasteiger partial charge in [0.15, 0.2) is 0 Å². The average Bonchev–Trinajstić information content (AvgIpc) is 2.39. The SMILES string of the molecule is CC(C)(C=O)CN1CCN(c2ccccc2)C(Br)C1. The van der Waals surface area contributed by atoms with Gasteiger partial charge in [0, 0.05) is 37.3 Å². The highest BCUT2D eigenvalue weighted by Gasteiger charge is 2.28. The van der Waals surface area contributed by atoms with Crippen LogP contribution < -0.4 is 4.90 Å². The third-order valence-corrected chi connectivity index (χ3v) is 4.23. The largest absolute Gasteiger partial charge is 0.356 e. The minimum Gasteiger partial charge on any atom is -0.356 e. The van der Waals surface area contributed by atoms with Gasteiger partial charge >= 0.3 is 0 Å². The van der Waals surface area contributed by atoms with Crippen LogP contribution >= 0.6 is 15.9 Å². The van der Waals surface area contributed by atoms with Crippen LogP contribution in [-0.2, 0) is 4.79 Å². The molecule has 4 heteroatoms. The number of halogens is 1. The minimum absolute atomic E-state index is 0.262. The summed E-state index contributed by atoms with van der Waals surface area (Å²) in [6.45, 7) is 7.72. The Morgan fingerprint density at radius 2 is 2.00 bits per heavy atom. The van der Waals surface area contributed by atoms with E-state index in [-0.39, 0.29) is 5.41 Å². The molecule has 1 saturated heterocycles. The Kier molecular flexibility index (Phi) is 4.63. The number of rotatable bonds is 4. The molecule has 0 amide bonds. The molecule has 1 unspecified atom stereocenters. The minimum atomic E-state index is -0.262. The second kappa shape index (κ2) is 6.06. The van der Waals surface area contributed by atoms with E-state index < -0.39 is 0 Å². The van der Waals surface area contributed by atoms with Crippen LogP contribution in [0.25, 0.3) is 0 Å². The van der Waals surface area contributed by atoms with Crippen molar-refractivity contribution in [2.45, 2.75) is 18.8 Å². The molecule has 0 N–H and O–H groups in total. The van der Waals surface area contributed by atoms with Crippen molar-refractivity contribution in [1.29, 1.82) is 0 Å². The van der Waals surface area contributed by atoms with E-state index in [9.17, 15) is 4.79 Å². The summed E-state index contributed by atoms with van der Waals surface area (Å²) in [7, 11) is 0.